The van der Waals surface area contributed by atoms with Gasteiger partial charge in [0.25, 0.3) is 0 Å². The van der Waals surface area contributed by atoms with Crippen LogP contribution in [0.4, 0.5) is 11.4 Å². The van der Waals surface area contributed by atoms with Gasteiger partial charge in [0.2, 0.25) is 0 Å². The van der Waals surface area contributed by atoms with Crippen LogP contribution in [0.25, 0.3) is 11.0 Å². The topological polar surface area (TPSA) is 81.1 Å². The zero-order chi connectivity index (χ0) is 13.9. The van der Waals surface area contributed by atoms with Crippen LogP contribution >= 0.6 is 0 Å². The van der Waals surface area contributed by atoms with Crippen molar-refractivity contribution in [2.45, 2.75) is 6.42 Å². The highest BCUT2D eigenvalue weighted by atomic mass is 16.6. The molecule has 3 aromatic rings. The van der Waals surface area contributed by atoms with Gasteiger partial charge in [0.15, 0.2) is 11.0 Å². The van der Waals surface area contributed by atoms with E-state index in [-0.39, 0.29) is 0 Å². The Morgan fingerprint density at radius 2 is 2.00 bits per heavy atom. The van der Waals surface area contributed by atoms with Crippen molar-refractivity contribution in [2.24, 2.45) is 0 Å². The smallest absolute Gasteiger partial charge is 0.160 e. The van der Waals surface area contributed by atoms with E-state index in [0.29, 0.717) is 16.7 Å². The lowest BCUT2D eigenvalue weighted by Crippen LogP contribution is -2.21. The molecular formula is C14H15N5O. The molecule has 2 aromatic heterocycles. The fourth-order valence-electron chi connectivity index (χ4n) is 2.13. The zero-order valence-electron chi connectivity index (χ0n) is 11.2. The van der Waals surface area contributed by atoms with Gasteiger partial charge in [-0.3, -0.25) is 4.98 Å². The van der Waals surface area contributed by atoms with Crippen molar-refractivity contribution in [1.29, 1.82) is 0 Å². The Labute approximate surface area is 116 Å². The molecule has 0 radical (unpaired) electrons. The van der Waals surface area contributed by atoms with Gasteiger partial charge >= 0.3 is 0 Å². The number of rotatable bonds is 4. The second-order valence-electron chi connectivity index (χ2n) is 4.63. The van der Waals surface area contributed by atoms with Gasteiger partial charge in [0.05, 0.1) is 11.4 Å². The molecule has 0 saturated carbocycles. The van der Waals surface area contributed by atoms with E-state index in [4.69, 9.17) is 10.4 Å². The lowest BCUT2D eigenvalue weighted by Gasteiger charge is -2.19. The van der Waals surface area contributed by atoms with Crippen molar-refractivity contribution in [3.8, 4) is 0 Å². The number of aromatic nitrogens is 3. The Kier molecular flexibility index (Phi) is 3.20. The Balaban J connectivity index is 1.81. The van der Waals surface area contributed by atoms with Crippen molar-refractivity contribution in [1.82, 2.24) is 15.3 Å². The average Bonchev–Trinajstić information content (AvgIpc) is 2.96. The Morgan fingerprint density at radius 3 is 2.80 bits per heavy atom. The molecule has 6 nitrogen and oxygen atoms in total. The van der Waals surface area contributed by atoms with Gasteiger partial charge in [-0.25, -0.2) is 4.63 Å². The van der Waals surface area contributed by atoms with E-state index >= 15 is 0 Å². The van der Waals surface area contributed by atoms with Crippen LogP contribution in [0.3, 0.4) is 0 Å². The molecule has 0 unspecified atom stereocenters. The van der Waals surface area contributed by atoms with E-state index in [9.17, 15) is 0 Å². The van der Waals surface area contributed by atoms with Crippen LogP contribution < -0.4 is 10.6 Å². The lowest BCUT2D eigenvalue weighted by molar-refractivity contribution is 0.315. The molecule has 0 atom stereocenters. The third-order valence-corrected chi connectivity index (χ3v) is 3.27. The first kappa shape index (κ1) is 12.4. The fraction of sp³-hybridized carbons (Fsp3) is 0.214. The number of nitrogens with two attached hydrogens (primary N) is 1. The summed E-state index contributed by atoms with van der Waals surface area (Å²) in [6.07, 6.45) is 2.66. The summed E-state index contributed by atoms with van der Waals surface area (Å²) in [5.41, 5.74) is 9.72. The van der Waals surface area contributed by atoms with Crippen LogP contribution in [0.15, 0.2) is 41.2 Å². The molecule has 2 N–H and O–H groups in total. The van der Waals surface area contributed by atoms with Crippen LogP contribution in [0.1, 0.15) is 5.69 Å². The van der Waals surface area contributed by atoms with Gasteiger partial charge in [-0.15, -0.1) is 0 Å². The summed E-state index contributed by atoms with van der Waals surface area (Å²) >= 11 is 0. The molecule has 0 saturated heterocycles. The minimum atomic E-state index is 0.572. The maximum Gasteiger partial charge on any atom is 0.160 e. The second-order valence-corrected chi connectivity index (χ2v) is 4.63. The molecule has 0 aliphatic heterocycles. The van der Waals surface area contributed by atoms with Crippen LogP contribution in [0.5, 0.6) is 0 Å². The largest absolute Gasteiger partial charge is 0.397 e. The SMILES string of the molecule is CN(CCc1ccccn1)c1ccc(N)c2nonc12. The number of likely N-dealkylation sites (N-methyl/N-ethyl adjacent to an activating group) is 1. The van der Waals surface area contributed by atoms with Crippen LogP contribution in [-0.2, 0) is 6.42 Å². The summed E-state index contributed by atoms with van der Waals surface area (Å²) in [5.74, 6) is 0. The standard InChI is InChI=1S/C14H15N5O/c1-19(9-7-10-4-2-3-8-16-10)12-6-5-11(15)13-14(12)18-20-17-13/h2-6,8H,7,9,15H2,1H3. The molecule has 102 valence electrons. The van der Waals surface area contributed by atoms with Gasteiger partial charge in [0, 0.05) is 31.9 Å². The summed E-state index contributed by atoms with van der Waals surface area (Å²) in [6, 6.07) is 9.67. The molecule has 0 amide bonds. The summed E-state index contributed by atoms with van der Waals surface area (Å²) in [6.45, 7) is 0.822. The first-order chi connectivity index (χ1) is 9.75. The molecule has 20 heavy (non-hydrogen) atoms. The quantitative estimate of drug-likeness (QED) is 0.728. The van der Waals surface area contributed by atoms with E-state index in [0.717, 1.165) is 24.3 Å². The third-order valence-electron chi connectivity index (χ3n) is 3.27. The van der Waals surface area contributed by atoms with E-state index in [2.05, 4.69) is 20.2 Å². The lowest BCUT2D eigenvalue weighted by atomic mass is 10.2. The number of nitrogens with zero attached hydrogens (tertiary/aromatic N) is 4. The number of nitrogen functional groups attached to an aromatic ring is 1. The highest BCUT2D eigenvalue weighted by molar-refractivity contribution is 5.95. The maximum atomic E-state index is 5.84. The van der Waals surface area contributed by atoms with Gasteiger partial charge < -0.3 is 10.6 Å². The monoisotopic (exact) mass is 269 g/mol. The van der Waals surface area contributed by atoms with Gasteiger partial charge in [-0.1, -0.05) is 6.07 Å². The Morgan fingerprint density at radius 1 is 1.15 bits per heavy atom. The predicted molar refractivity (Wildman–Crippen MR) is 77.4 cm³/mol. The Bertz CT molecular complexity index is 710. The second kappa shape index (κ2) is 5.16. The first-order valence-electron chi connectivity index (χ1n) is 6.37. The number of fused-ring (bicyclic) bond motifs is 1. The van der Waals surface area contributed by atoms with Crippen molar-refractivity contribution in [3.05, 3.63) is 42.2 Å². The number of hydrogen-bond donors (Lipinski definition) is 1. The molecule has 3 rings (SSSR count). The molecule has 0 spiro atoms. The molecule has 6 heteroatoms. The number of benzene rings is 1. The van der Waals surface area contributed by atoms with Crippen LogP contribution in [-0.4, -0.2) is 28.9 Å². The van der Waals surface area contributed by atoms with Gasteiger partial charge in [-0.2, -0.15) is 0 Å². The normalized spacial score (nSPS) is 10.8. The molecule has 0 fully saturated rings. The number of hydrogen-bond acceptors (Lipinski definition) is 6. The van der Waals surface area contributed by atoms with E-state index in [1.165, 1.54) is 0 Å². The molecule has 0 aliphatic carbocycles. The van der Waals surface area contributed by atoms with Crippen LogP contribution in [0.2, 0.25) is 0 Å². The van der Waals surface area contributed by atoms with Gasteiger partial charge in [0.1, 0.15) is 0 Å². The van der Waals surface area contributed by atoms with E-state index in [1.807, 2.05) is 37.4 Å². The van der Waals surface area contributed by atoms with Crippen LogP contribution in [0, 0.1) is 0 Å². The molecular weight excluding hydrogens is 254 g/mol. The van der Waals surface area contributed by atoms with Crippen molar-refractivity contribution in [3.63, 3.8) is 0 Å². The molecule has 1 aromatic carbocycles. The maximum absolute atomic E-state index is 5.84. The number of anilines is 2. The zero-order valence-corrected chi connectivity index (χ0v) is 11.2. The van der Waals surface area contributed by atoms with Crippen molar-refractivity contribution in [2.75, 3.05) is 24.2 Å². The molecule has 0 bridgehead atoms. The Hall–Kier alpha value is -2.63. The van der Waals surface area contributed by atoms with Crippen molar-refractivity contribution < 1.29 is 4.63 Å². The summed E-state index contributed by atoms with van der Waals surface area (Å²) < 4.78 is 4.78. The summed E-state index contributed by atoms with van der Waals surface area (Å²) in [7, 11) is 2.00. The first-order valence-corrected chi connectivity index (χ1v) is 6.37. The molecule has 2 heterocycles. The summed E-state index contributed by atoms with van der Waals surface area (Å²) in [4.78, 5) is 6.42. The summed E-state index contributed by atoms with van der Waals surface area (Å²) in [5, 5.41) is 7.76. The van der Waals surface area contributed by atoms with E-state index < -0.39 is 0 Å². The minimum absolute atomic E-state index is 0.572. The average molecular weight is 269 g/mol. The fourth-order valence-corrected chi connectivity index (χ4v) is 2.13. The minimum Gasteiger partial charge on any atom is -0.397 e. The van der Waals surface area contributed by atoms with Crippen molar-refractivity contribution >= 4 is 22.4 Å². The van der Waals surface area contributed by atoms with E-state index in [1.54, 1.807) is 6.20 Å². The highest BCUT2D eigenvalue weighted by Gasteiger charge is 2.13. The predicted octanol–water partition coefficient (Wildman–Crippen LogP) is 1.88. The highest BCUT2D eigenvalue weighted by Crippen LogP contribution is 2.27. The third kappa shape index (κ3) is 2.27. The van der Waals surface area contributed by atoms with Gasteiger partial charge in [-0.05, 0) is 34.6 Å². The molecule has 0 aliphatic rings. The number of pyridine rings is 1.